The number of thiazole rings is 1. The molecule has 6 rings (SSSR count). The molecule has 0 radical (unpaired) electrons. The van der Waals surface area contributed by atoms with E-state index in [0.29, 0.717) is 21.3 Å². The molecule has 2 aliphatic rings. The van der Waals surface area contributed by atoms with Crippen molar-refractivity contribution in [1.29, 1.82) is 0 Å². The Kier molecular flexibility index (Phi) is 7.00. The summed E-state index contributed by atoms with van der Waals surface area (Å²) >= 11 is 2.16. The molecule has 0 aliphatic carbocycles. The summed E-state index contributed by atoms with van der Waals surface area (Å²) in [6.45, 7) is -0.288. The first-order valence-corrected chi connectivity index (χ1v) is 14.6. The zero-order valence-electron chi connectivity index (χ0n) is 22.1. The number of halogens is 1. The third-order valence-electron chi connectivity index (χ3n) is 7.26. The van der Waals surface area contributed by atoms with Crippen molar-refractivity contribution < 1.29 is 18.8 Å². The molecular formula is C30H25FN4O4S2. The van der Waals surface area contributed by atoms with Crippen LogP contribution in [0.15, 0.2) is 88.7 Å². The van der Waals surface area contributed by atoms with Crippen LogP contribution >= 0.6 is 23.1 Å². The topological polar surface area (TPSA) is 91.7 Å². The third kappa shape index (κ3) is 4.85. The van der Waals surface area contributed by atoms with E-state index < -0.39 is 28.8 Å². The first-order chi connectivity index (χ1) is 19.7. The van der Waals surface area contributed by atoms with Gasteiger partial charge >= 0.3 is 4.87 Å². The molecule has 3 atom stereocenters. The van der Waals surface area contributed by atoms with Crippen molar-refractivity contribution in [2.75, 3.05) is 29.2 Å². The van der Waals surface area contributed by atoms with Crippen molar-refractivity contribution in [3.05, 3.63) is 105 Å². The van der Waals surface area contributed by atoms with Gasteiger partial charge in [0, 0.05) is 36.3 Å². The number of amides is 3. The number of carbonyl (C=O) groups is 3. The Morgan fingerprint density at radius 2 is 1.61 bits per heavy atom. The van der Waals surface area contributed by atoms with Crippen LogP contribution in [0.5, 0.6) is 0 Å². The van der Waals surface area contributed by atoms with Crippen LogP contribution in [0, 0.1) is 11.7 Å². The summed E-state index contributed by atoms with van der Waals surface area (Å²) in [6, 6.07) is 21.9. The first kappa shape index (κ1) is 27.0. The lowest BCUT2D eigenvalue weighted by molar-refractivity contribution is -0.122. The predicted octanol–water partition coefficient (Wildman–Crippen LogP) is 4.55. The van der Waals surface area contributed by atoms with Crippen LogP contribution in [0.2, 0.25) is 0 Å². The number of imide groups is 1. The highest BCUT2D eigenvalue weighted by molar-refractivity contribution is 8.00. The minimum Gasteiger partial charge on any atom is -0.378 e. The fraction of sp³-hybridized carbons (Fsp3) is 0.200. The lowest BCUT2D eigenvalue weighted by Gasteiger charge is -2.31. The highest BCUT2D eigenvalue weighted by Gasteiger charge is 2.56. The maximum Gasteiger partial charge on any atom is 0.308 e. The van der Waals surface area contributed by atoms with Crippen molar-refractivity contribution in [2.24, 2.45) is 5.92 Å². The van der Waals surface area contributed by atoms with E-state index in [2.05, 4.69) is 5.32 Å². The number of hydrogen-bond donors (Lipinski definition) is 1. The monoisotopic (exact) mass is 588 g/mol. The zero-order valence-corrected chi connectivity index (χ0v) is 23.7. The average Bonchev–Trinajstić information content (AvgIpc) is 3.41. The number of carbonyl (C=O) groups excluding carboxylic acids is 3. The molecule has 1 N–H and O–H groups in total. The van der Waals surface area contributed by atoms with Gasteiger partial charge in [0.25, 0.3) is 0 Å². The maximum absolute atomic E-state index is 13.9. The van der Waals surface area contributed by atoms with Crippen LogP contribution < -0.4 is 20.0 Å². The van der Waals surface area contributed by atoms with Gasteiger partial charge in [-0.25, -0.2) is 9.29 Å². The molecule has 0 spiro atoms. The van der Waals surface area contributed by atoms with Gasteiger partial charge in [0.2, 0.25) is 17.7 Å². The number of rotatable bonds is 6. The maximum atomic E-state index is 13.9. The van der Waals surface area contributed by atoms with Gasteiger partial charge in [-0.05, 0) is 54.1 Å². The predicted molar refractivity (Wildman–Crippen MR) is 158 cm³/mol. The summed E-state index contributed by atoms with van der Waals surface area (Å²) in [6.07, 6.45) is 0. The molecule has 4 aromatic rings. The van der Waals surface area contributed by atoms with Gasteiger partial charge in [-0.1, -0.05) is 53.4 Å². The first-order valence-electron chi connectivity index (χ1n) is 12.9. The Bertz CT molecular complexity index is 1700. The van der Waals surface area contributed by atoms with E-state index in [9.17, 15) is 23.6 Å². The van der Waals surface area contributed by atoms with Crippen LogP contribution in [0.25, 0.3) is 0 Å². The zero-order chi connectivity index (χ0) is 28.8. The minimum absolute atomic E-state index is 0.288. The fourth-order valence-corrected chi connectivity index (χ4v) is 8.08. The quantitative estimate of drug-likeness (QED) is 0.333. The van der Waals surface area contributed by atoms with Gasteiger partial charge in [0.1, 0.15) is 17.6 Å². The Morgan fingerprint density at radius 1 is 0.927 bits per heavy atom. The minimum atomic E-state index is -0.769. The number of thioether (sulfide) groups is 1. The Hall–Kier alpha value is -4.22. The normalized spacial score (nSPS) is 19.6. The molecule has 3 amide bonds. The van der Waals surface area contributed by atoms with E-state index in [4.69, 9.17) is 0 Å². The summed E-state index contributed by atoms with van der Waals surface area (Å²) in [4.78, 5) is 57.4. The molecule has 1 saturated heterocycles. The molecule has 41 heavy (non-hydrogen) atoms. The second-order valence-electron chi connectivity index (χ2n) is 10.1. The van der Waals surface area contributed by atoms with Crippen molar-refractivity contribution in [1.82, 2.24) is 4.57 Å². The lowest BCUT2D eigenvalue weighted by atomic mass is 9.83. The summed E-state index contributed by atoms with van der Waals surface area (Å²) < 4.78 is 14.7. The second kappa shape index (κ2) is 10.6. The standard InChI is InChI=1S/C30H25FN4O4S2/c1-33(2)20-14-8-17(9-15-20)23-24-25(28(38)35(27(24)37)21-6-4-3-5-7-21)40-29-26(23)41-30(39)34(29)16-22(36)32-19-12-10-18(31)11-13-19/h3-15,23-25H,16H2,1-2H3,(H,32,36). The molecule has 2 aliphatic heterocycles. The van der Waals surface area contributed by atoms with Crippen molar-refractivity contribution >= 4 is 57.9 Å². The summed E-state index contributed by atoms with van der Waals surface area (Å²) in [5.74, 6) is -2.82. The van der Waals surface area contributed by atoms with Gasteiger partial charge in [-0.2, -0.15) is 0 Å². The smallest absolute Gasteiger partial charge is 0.308 e. The number of para-hydroxylation sites is 1. The average molecular weight is 589 g/mol. The Balaban J connectivity index is 1.41. The molecule has 1 aromatic heterocycles. The van der Waals surface area contributed by atoms with E-state index in [1.807, 2.05) is 49.3 Å². The van der Waals surface area contributed by atoms with Crippen molar-refractivity contribution in [2.45, 2.75) is 22.7 Å². The van der Waals surface area contributed by atoms with Gasteiger partial charge in [-0.3, -0.25) is 23.7 Å². The molecule has 1 fully saturated rings. The van der Waals surface area contributed by atoms with Crippen LogP contribution in [0.4, 0.5) is 21.5 Å². The largest absolute Gasteiger partial charge is 0.378 e. The Morgan fingerprint density at radius 3 is 2.27 bits per heavy atom. The number of benzene rings is 3. The van der Waals surface area contributed by atoms with Gasteiger partial charge < -0.3 is 10.2 Å². The van der Waals surface area contributed by atoms with E-state index in [0.717, 1.165) is 22.6 Å². The molecule has 3 aromatic carbocycles. The van der Waals surface area contributed by atoms with Gasteiger partial charge in [0.15, 0.2) is 0 Å². The van der Waals surface area contributed by atoms with Crippen LogP contribution in [-0.4, -0.2) is 41.6 Å². The molecule has 0 saturated carbocycles. The van der Waals surface area contributed by atoms with E-state index >= 15 is 0 Å². The van der Waals surface area contributed by atoms with Gasteiger partial charge in [-0.15, -0.1) is 0 Å². The Labute approximate surface area is 243 Å². The molecule has 208 valence electrons. The molecule has 3 heterocycles. The number of nitrogens with one attached hydrogen (secondary N) is 1. The molecule has 11 heteroatoms. The van der Waals surface area contributed by atoms with Crippen LogP contribution in [-0.2, 0) is 20.9 Å². The second-order valence-corrected chi connectivity index (χ2v) is 12.2. The highest BCUT2D eigenvalue weighted by atomic mass is 32.2. The third-order valence-corrected chi connectivity index (χ3v) is 9.87. The molecule has 8 nitrogen and oxygen atoms in total. The van der Waals surface area contributed by atoms with Crippen molar-refractivity contribution in [3.63, 3.8) is 0 Å². The van der Waals surface area contributed by atoms with Crippen molar-refractivity contribution in [3.8, 4) is 0 Å². The number of anilines is 3. The molecule has 3 unspecified atom stereocenters. The molecule has 0 bridgehead atoms. The number of aromatic nitrogens is 1. The van der Waals surface area contributed by atoms with Crippen LogP contribution in [0.1, 0.15) is 16.4 Å². The SMILES string of the molecule is CN(C)c1ccc(C2c3sc(=O)n(CC(=O)Nc4ccc(F)cc4)c3SC3C(=O)N(c4ccccc4)C(=O)C32)cc1. The van der Waals surface area contributed by atoms with E-state index in [1.54, 1.807) is 24.3 Å². The molecular weight excluding hydrogens is 563 g/mol. The lowest BCUT2D eigenvalue weighted by Crippen LogP contribution is -2.33. The van der Waals surface area contributed by atoms with E-state index in [1.165, 1.54) is 45.5 Å². The summed E-state index contributed by atoms with van der Waals surface area (Å²) in [5.41, 5.74) is 2.68. The van der Waals surface area contributed by atoms with Crippen LogP contribution in [0.3, 0.4) is 0 Å². The summed E-state index contributed by atoms with van der Waals surface area (Å²) in [7, 11) is 3.86. The highest BCUT2D eigenvalue weighted by Crippen LogP contribution is 2.54. The fourth-order valence-electron chi connectivity index (χ4n) is 5.30. The number of nitrogens with zero attached hydrogens (tertiary/aromatic N) is 3. The number of fused-ring (bicyclic) bond motifs is 2. The van der Waals surface area contributed by atoms with Gasteiger partial charge in [0.05, 0.1) is 16.6 Å². The van der Waals surface area contributed by atoms with E-state index in [-0.39, 0.29) is 23.2 Å². The summed E-state index contributed by atoms with van der Waals surface area (Å²) in [5, 5.41) is 2.43. The number of hydrogen-bond acceptors (Lipinski definition) is 7.